The lowest BCUT2D eigenvalue weighted by molar-refractivity contribution is 0.115. The number of hydrogen-bond acceptors (Lipinski definition) is 2. The summed E-state index contributed by atoms with van der Waals surface area (Å²) in [5.74, 6) is 0.887. The number of unbranched alkanes of at least 4 members (excludes halogenated alkanes) is 1. The van der Waals surface area contributed by atoms with E-state index in [1.165, 1.54) is 18.4 Å². The van der Waals surface area contributed by atoms with E-state index in [1.54, 1.807) is 6.92 Å². The standard InChI is InChI=1S/C15H24O2/c1-4-5-6-14-7-9-15(10-8-14)17-13(3)11-12(2)16/h7-10,12-13,16H,4-6,11H2,1-3H3. The summed E-state index contributed by atoms with van der Waals surface area (Å²) in [5.41, 5.74) is 1.36. The average molecular weight is 236 g/mol. The number of hydrogen-bond donors (Lipinski definition) is 1. The molecule has 0 aliphatic rings. The first-order valence-electron chi connectivity index (χ1n) is 6.55. The fourth-order valence-corrected chi connectivity index (χ4v) is 1.88. The largest absolute Gasteiger partial charge is 0.491 e. The van der Waals surface area contributed by atoms with Gasteiger partial charge in [0.25, 0.3) is 0 Å². The van der Waals surface area contributed by atoms with Gasteiger partial charge in [-0.05, 0) is 44.4 Å². The summed E-state index contributed by atoms with van der Waals surface area (Å²) in [6.07, 6.45) is 4.00. The van der Waals surface area contributed by atoms with Crippen LogP contribution in [0.4, 0.5) is 0 Å². The summed E-state index contributed by atoms with van der Waals surface area (Å²) in [4.78, 5) is 0. The van der Waals surface area contributed by atoms with Crippen LogP contribution in [0.2, 0.25) is 0 Å². The SMILES string of the molecule is CCCCc1ccc(OC(C)CC(C)O)cc1. The Morgan fingerprint density at radius 2 is 1.82 bits per heavy atom. The van der Waals surface area contributed by atoms with Gasteiger partial charge in [-0.1, -0.05) is 25.5 Å². The molecule has 17 heavy (non-hydrogen) atoms. The summed E-state index contributed by atoms with van der Waals surface area (Å²) in [6, 6.07) is 8.28. The van der Waals surface area contributed by atoms with Crippen LogP contribution in [0.3, 0.4) is 0 Å². The summed E-state index contributed by atoms with van der Waals surface area (Å²) < 4.78 is 5.72. The van der Waals surface area contributed by atoms with Gasteiger partial charge in [0, 0.05) is 6.42 Å². The first kappa shape index (κ1) is 14.0. The molecule has 2 atom stereocenters. The number of ether oxygens (including phenoxy) is 1. The molecule has 0 radical (unpaired) electrons. The van der Waals surface area contributed by atoms with Gasteiger partial charge in [0.2, 0.25) is 0 Å². The van der Waals surface area contributed by atoms with Gasteiger partial charge < -0.3 is 9.84 Å². The van der Waals surface area contributed by atoms with Gasteiger partial charge in [0.15, 0.2) is 0 Å². The third kappa shape index (κ3) is 5.73. The Bertz CT molecular complexity index is 303. The number of benzene rings is 1. The van der Waals surface area contributed by atoms with E-state index in [0.717, 1.165) is 12.2 Å². The third-order valence-corrected chi connectivity index (χ3v) is 2.75. The van der Waals surface area contributed by atoms with Crippen LogP contribution in [0, 0.1) is 0 Å². The molecule has 96 valence electrons. The molecule has 0 fully saturated rings. The Kier molecular flexibility index (Phi) is 6.06. The third-order valence-electron chi connectivity index (χ3n) is 2.75. The van der Waals surface area contributed by atoms with Crippen LogP contribution in [0.1, 0.15) is 45.6 Å². The summed E-state index contributed by atoms with van der Waals surface area (Å²) in [7, 11) is 0. The molecular weight excluding hydrogens is 212 g/mol. The predicted octanol–water partition coefficient (Wildman–Crippen LogP) is 3.57. The highest BCUT2D eigenvalue weighted by Gasteiger charge is 2.07. The lowest BCUT2D eigenvalue weighted by Crippen LogP contribution is -2.18. The number of aliphatic hydroxyl groups excluding tert-OH is 1. The van der Waals surface area contributed by atoms with Crippen LogP contribution >= 0.6 is 0 Å². The van der Waals surface area contributed by atoms with Gasteiger partial charge in [-0.2, -0.15) is 0 Å². The first-order valence-corrected chi connectivity index (χ1v) is 6.55. The monoisotopic (exact) mass is 236 g/mol. The van der Waals surface area contributed by atoms with Crippen molar-refractivity contribution in [3.05, 3.63) is 29.8 Å². The summed E-state index contributed by atoms with van der Waals surface area (Å²) in [6.45, 7) is 5.97. The molecule has 1 rings (SSSR count). The average Bonchev–Trinajstić information content (AvgIpc) is 2.27. The normalized spacial score (nSPS) is 14.4. The minimum absolute atomic E-state index is 0.0523. The number of rotatable bonds is 7. The van der Waals surface area contributed by atoms with Gasteiger partial charge in [-0.15, -0.1) is 0 Å². The zero-order valence-electron chi connectivity index (χ0n) is 11.1. The smallest absolute Gasteiger partial charge is 0.119 e. The van der Waals surface area contributed by atoms with E-state index in [9.17, 15) is 5.11 Å². The van der Waals surface area contributed by atoms with Gasteiger partial charge in [-0.3, -0.25) is 0 Å². The molecular formula is C15H24O2. The molecule has 0 aliphatic carbocycles. The molecule has 0 saturated heterocycles. The fraction of sp³-hybridized carbons (Fsp3) is 0.600. The van der Waals surface area contributed by atoms with E-state index < -0.39 is 0 Å². The lowest BCUT2D eigenvalue weighted by Gasteiger charge is -2.16. The minimum atomic E-state index is -0.311. The topological polar surface area (TPSA) is 29.5 Å². The maximum Gasteiger partial charge on any atom is 0.119 e. The Hall–Kier alpha value is -1.02. The highest BCUT2D eigenvalue weighted by atomic mass is 16.5. The van der Waals surface area contributed by atoms with E-state index in [2.05, 4.69) is 19.1 Å². The van der Waals surface area contributed by atoms with Crippen molar-refractivity contribution in [1.82, 2.24) is 0 Å². The Labute approximate surface area is 105 Å². The molecule has 0 bridgehead atoms. The Balaban J connectivity index is 2.44. The number of aryl methyl sites for hydroxylation is 1. The van der Waals surface area contributed by atoms with Crippen molar-refractivity contribution in [1.29, 1.82) is 0 Å². The second kappa shape index (κ2) is 7.33. The van der Waals surface area contributed by atoms with Crippen LogP contribution < -0.4 is 4.74 Å². The molecule has 1 N–H and O–H groups in total. The maximum atomic E-state index is 9.26. The molecule has 0 amide bonds. The highest BCUT2D eigenvalue weighted by molar-refractivity contribution is 5.27. The van der Waals surface area contributed by atoms with E-state index in [1.807, 2.05) is 19.1 Å². The van der Waals surface area contributed by atoms with Gasteiger partial charge >= 0.3 is 0 Å². The summed E-state index contributed by atoms with van der Waals surface area (Å²) in [5, 5.41) is 9.26. The molecule has 0 spiro atoms. The fourth-order valence-electron chi connectivity index (χ4n) is 1.88. The second-order valence-electron chi connectivity index (χ2n) is 4.76. The van der Waals surface area contributed by atoms with Crippen molar-refractivity contribution < 1.29 is 9.84 Å². The van der Waals surface area contributed by atoms with Crippen LogP contribution in [0.25, 0.3) is 0 Å². The molecule has 1 aromatic carbocycles. The van der Waals surface area contributed by atoms with Crippen molar-refractivity contribution in [3.63, 3.8) is 0 Å². The zero-order chi connectivity index (χ0) is 12.7. The van der Waals surface area contributed by atoms with Crippen LogP contribution in [0.5, 0.6) is 5.75 Å². The Morgan fingerprint density at radius 3 is 2.35 bits per heavy atom. The number of aliphatic hydroxyl groups is 1. The molecule has 2 nitrogen and oxygen atoms in total. The zero-order valence-corrected chi connectivity index (χ0v) is 11.1. The predicted molar refractivity (Wildman–Crippen MR) is 71.4 cm³/mol. The quantitative estimate of drug-likeness (QED) is 0.784. The molecule has 0 aromatic heterocycles. The first-order chi connectivity index (χ1) is 8.11. The minimum Gasteiger partial charge on any atom is -0.491 e. The van der Waals surface area contributed by atoms with Crippen molar-refractivity contribution in [2.24, 2.45) is 0 Å². The van der Waals surface area contributed by atoms with Gasteiger partial charge in [0.1, 0.15) is 5.75 Å². The van der Waals surface area contributed by atoms with Crippen molar-refractivity contribution in [3.8, 4) is 5.75 Å². The van der Waals surface area contributed by atoms with Crippen molar-refractivity contribution in [2.75, 3.05) is 0 Å². The van der Waals surface area contributed by atoms with Gasteiger partial charge in [0.05, 0.1) is 12.2 Å². The molecule has 2 heteroatoms. The second-order valence-corrected chi connectivity index (χ2v) is 4.76. The maximum absolute atomic E-state index is 9.26. The van der Waals surface area contributed by atoms with E-state index in [0.29, 0.717) is 6.42 Å². The van der Waals surface area contributed by atoms with Crippen LogP contribution in [-0.2, 0) is 6.42 Å². The van der Waals surface area contributed by atoms with Gasteiger partial charge in [-0.25, -0.2) is 0 Å². The van der Waals surface area contributed by atoms with Crippen molar-refractivity contribution in [2.45, 2.75) is 58.7 Å². The van der Waals surface area contributed by atoms with E-state index in [-0.39, 0.29) is 12.2 Å². The van der Waals surface area contributed by atoms with Crippen molar-refractivity contribution >= 4 is 0 Å². The Morgan fingerprint density at radius 1 is 1.18 bits per heavy atom. The lowest BCUT2D eigenvalue weighted by atomic mass is 10.1. The molecule has 0 heterocycles. The van der Waals surface area contributed by atoms with Crippen LogP contribution in [-0.4, -0.2) is 17.3 Å². The van der Waals surface area contributed by atoms with E-state index in [4.69, 9.17) is 4.74 Å². The molecule has 0 saturated carbocycles. The molecule has 2 unspecified atom stereocenters. The molecule has 0 aliphatic heterocycles. The highest BCUT2D eigenvalue weighted by Crippen LogP contribution is 2.16. The van der Waals surface area contributed by atoms with E-state index >= 15 is 0 Å². The molecule has 1 aromatic rings. The summed E-state index contributed by atoms with van der Waals surface area (Å²) >= 11 is 0. The van der Waals surface area contributed by atoms with Crippen LogP contribution in [0.15, 0.2) is 24.3 Å².